The lowest BCUT2D eigenvalue weighted by molar-refractivity contribution is -0.165. The molecule has 1 aromatic carbocycles. The van der Waals surface area contributed by atoms with E-state index in [9.17, 15) is 14.7 Å². The molecule has 2 aliphatic carbocycles. The van der Waals surface area contributed by atoms with Crippen LogP contribution < -0.4 is 0 Å². The van der Waals surface area contributed by atoms with E-state index in [0.717, 1.165) is 12.0 Å². The van der Waals surface area contributed by atoms with Crippen molar-refractivity contribution in [2.45, 2.75) is 62.2 Å². The standard InChI is InChI=1S/C17H23NO.C4H6O6/c1-18-9-8-17-7-3-2-4-14(17)16(18)10-12-5-6-13(19)11-15(12)17;5-1(3(7)8)2(6)4(9)10/h5-6,11,14,16,19H,2-4,7-10H2,1H3;1-2,5-6H,(H,7,8)(H,9,10)/t14-,16-,17-;1-,2-/m01/s1. The van der Waals surface area contributed by atoms with Crippen molar-refractivity contribution < 1.29 is 35.1 Å². The zero-order valence-electron chi connectivity index (χ0n) is 16.5. The fraction of sp³-hybridized carbons (Fsp3) is 0.619. The Morgan fingerprint density at radius 3 is 2.38 bits per heavy atom. The molecule has 1 saturated carbocycles. The Morgan fingerprint density at radius 1 is 1.10 bits per heavy atom. The molecule has 1 aromatic rings. The molecule has 8 heteroatoms. The zero-order chi connectivity index (χ0) is 21.3. The van der Waals surface area contributed by atoms with E-state index in [1.54, 1.807) is 0 Å². The highest BCUT2D eigenvalue weighted by molar-refractivity contribution is 5.83. The van der Waals surface area contributed by atoms with Gasteiger partial charge >= 0.3 is 11.9 Å². The molecule has 0 aromatic heterocycles. The molecule has 8 nitrogen and oxygen atoms in total. The molecule has 0 spiro atoms. The third-order valence-corrected chi connectivity index (χ3v) is 6.90. The highest BCUT2D eigenvalue weighted by Gasteiger charge is 2.53. The Kier molecular flexibility index (Phi) is 6.16. The van der Waals surface area contributed by atoms with Crippen molar-refractivity contribution in [3.63, 3.8) is 0 Å². The summed E-state index contributed by atoms with van der Waals surface area (Å²) in [4.78, 5) is 22.1. The van der Waals surface area contributed by atoms with Crippen LogP contribution in [0.2, 0.25) is 0 Å². The van der Waals surface area contributed by atoms with Gasteiger partial charge in [0.05, 0.1) is 0 Å². The number of carboxylic acid groups (broad SMARTS) is 2. The summed E-state index contributed by atoms with van der Waals surface area (Å²) in [6.07, 6.45) is 3.39. The predicted molar refractivity (Wildman–Crippen MR) is 104 cm³/mol. The summed E-state index contributed by atoms with van der Waals surface area (Å²) < 4.78 is 0. The highest BCUT2D eigenvalue weighted by Crippen LogP contribution is 2.55. The number of carbonyl (C=O) groups is 2. The quantitative estimate of drug-likeness (QED) is 0.499. The maximum absolute atomic E-state index is 9.91. The van der Waals surface area contributed by atoms with Crippen LogP contribution in [-0.2, 0) is 21.4 Å². The number of hydrogen-bond acceptors (Lipinski definition) is 6. The molecule has 160 valence electrons. The van der Waals surface area contributed by atoms with Crippen LogP contribution in [0.15, 0.2) is 18.2 Å². The van der Waals surface area contributed by atoms with Crippen LogP contribution in [0.5, 0.6) is 5.75 Å². The second-order valence-electron chi connectivity index (χ2n) is 8.42. The predicted octanol–water partition coefficient (Wildman–Crippen LogP) is 0.958. The fourth-order valence-electron chi connectivity index (χ4n) is 5.45. The fourth-order valence-corrected chi connectivity index (χ4v) is 5.45. The molecule has 2 fully saturated rings. The molecule has 1 heterocycles. The number of nitrogens with zero attached hydrogens (tertiary/aromatic N) is 1. The van der Waals surface area contributed by atoms with Crippen molar-refractivity contribution in [1.29, 1.82) is 0 Å². The van der Waals surface area contributed by atoms with Crippen molar-refractivity contribution in [1.82, 2.24) is 4.90 Å². The van der Waals surface area contributed by atoms with Gasteiger partial charge in [0, 0.05) is 11.5 Å². The van der Waals surface area contributed by atoms with E-state index in [0.29, 0.717) is 11.2 Å². The molecule has 29 heavy (non-hydrogen) atoms. The van der Waals surface area contributed by atoms with Crippen molar-refractivity contribution in [3.8, 4) is 5.75 Å². The highest BCUT2D eigenvalue weighted by atomic mass is 16.4. The van der Waals surface area contributed by atoms with E-state index < -0.39 is 24.1 Å². The topological polar surface area (TPSA) is 139 Å². The summed E-state index contributed by atoms with van der Waals surface area (Å²) in [5.74, 6) is -2.27. The average Bonchev–Trinajstić information content (AvgIpc) is 2.70. The Labute approximate surface area is 169 Å². The number of aromatic hydroxyl groups is 1. The maximum Gasteiger partial charge on any atom is 0.335 e. The molecule has 2 bridgehead atoms. The molecule has 0 radical (unpaired) electrons. The van der Waals surface area contributed by atoms with Gasteiger partial charge in [0.15, 0.2) is 12.2 Å². The Bertz CT molecular complexity index is 764. The van der Waals surface area contributed by atoms with Crippen LogP contribution in [0, 0.1) is 5.92 Å². The number of fused-ring (bicyclic) bond motifs is 1. The molecule has 1 saturated heterocycles. The maximum atomic E-state index is 9.91. The van der Waals surface area contributed by atoms with Crippen molar-refractivity contribution >= 4 is 11.9 Å². The van der Waals surface area contributed by atoms with Crippen molar-refractivity contribution in [3.05, 3.63) is 29.3 Å². The number of hydrogen-bond donors (Lipinski definition) is 5. The Hall–Kier alpha value is -2.16. The molecule has 0 amide bonds. The number of phenolic OH excluding ortho intramolecular Hbond substituents is 1. The van der Waals surface area contributed by atoms with E-state index in [2.05, 4.69) is 24.1 Å². The van der Waals surface area contributed by atoms with Gasteiger partial charge in [0.2, 0.25) is 0 Å². The second-order valence-corrected chi connectivity index (χ2v) is 8.42. The van der Waals surface area contributed by atoms with E-state index >= 15 is 0 Å². The number of aliphatic carboxylic acids is 2. The lowest BCUT2D eigenvalue weighted by atomic mass is 9.52. The van der Waals surface area contributed by atoms with Gasteiger partial charge in [-0.3, -0.25) is 0 Å². The largest absolute Gasteiger partial charge is 0.508 e. The number of carboxylic acids is 2. The van der Waals surface area contributed by atoms with Crippen molar-refractivity contribution in [2.24, 2.45) is 5.92 Å². The summed E-state index contributed by atoms with van der Waals surface area (Å²) >= 11 is 0. The van der Waals surface area contributed by atoms with Crippen LogP contribution in [-0.4, -0.2) is 74.2 Å². The zero-order valence-corrected chi connectivity index (χ0v) is 16.5. The lowest BCUT2D eigenvalue weighted by Gasteiger charge is -2.58. The van der Waals surface area contributed by atoms with Crippen LogP contribution in [0.3, 0.4) is 0 Å². The van der Waals surface area contributed by atoms with E-state index in [1.807, 2.05) is 6.07 Å². The van der Waals surface area contributed by atoms with Gasteiger partial charge in [0.25, 0.3) is 0 Å². The molecule has 1 aliphatic heterocycles. The minimum Gasteiger partial charge on any atom is -0.508 e. The molecular formula is C21H29NO7. The smallest absolute Gasteiger partial charge is 0.335 e. The van der Waals surface area contributed by atoms with Crippen LogP contribution in [0.1, 0.15) is 43.2 Å². The second kappa shape index (κ2) is 8.30. The van der Waals surface area contributed by atoms with Gasteiger partial charge in [-0.15, -0.1) is 0 Å². The first kappa shape index (κ1) is 21.5. The first-order valence-corrected chi connectivity index (χ1v) is 10.0. The number of aliphatic hydroxyl groups is 2. The third-order valence-electron chi connectivity index (χ3n) is 6.90. The van der Waals surface area contributed by atoms with Crippen molar-refractivity contribution in [2.75, 3.05) is 13.6 Å². The number of rotatable bonds is 3. The number of aliphatic hydroxyl groups excluding tert-OH is 2. The summed E-state index contributed by atoms with van der Waals surface area (Å²) in [6, 6.07) is 6.85. The van der Waals surface area contributed by atoms with E-state index in [4.69, 9.17) is 20.4 Å². The van der Waals surface area contributed by atoms with E-state index in [1.165, 1.54) is 56.2 Å². The van der Waals surface area contributed by atoms with Crippen LogP contribution in [0.4, 0.5) is 0 Å². The summed E-state index contributed by atoms with van der Waals surface area (Å²) in [5, 5.41) is 42.4. The van der Waals surface area contributed by atoms with E-state index in [-0.39, 0.29) is 0 Å². The summed E-state index contributed by atoms with van der Waals surface area (Å²) in [5.41, 5.74) is 3.36. The molecule has 3 aliphatic rings. The van der Waals surface area contributed by atoms with Gasteiger partial charge in [-0.1, -0.05) is 18.9 Å². The minimum atomic E-state index is -2.27. The number of likely N-dealkylation sites (N-methyl/N-ethyl adjacent to an activating group) is 1. The molecule has 5 N–H and O–H groups in total. The summed E-state index contributed by atoms with van der Waals surface area (Å²) in [6.45, 7) is 1.22. The lowest BCUT2D eigenvalue weighted by Crippen LogP contribution is -2.59. The summed E-state index contributed by atoms with van der Waals surface area (Å²) in [7, 11) is 2.30. The number of likely N-dealkylation sites (tertiary alicyclic amines) is 1. The number of piperidine rings is 1. The first-order valence-electron chi connectivity index (χ1n) is 10.0. The first-order chi connectivity index (χ1) is 13.7. The molecule has 0 unspecified atom stereocenters. The number of benzene rings is 1. The Balaban J connectivity index is 0.000000207. The van der Waals surface area contributed by atoms with Crippen LogP contribution in [0.25, 0.3) is 0 Å². The molecular weight excluding hydrogens is 378 g/mol. The minimum absolute atomic E-state index is 0.377. The SMILES string of the molecule is CN1CC[C@@]23CCCC[C@H]2[C@@H]1Cc1ccc(O)cc13.O=C(O)[C@H](O)[C@@H](O)C(=O)O. The van der Waals surface area contributed by atoms with Crippen LogP contribution >= 0.6 is 0 Å². The van der Waals surface area contributed by atoms with Gasteiger partial charge < -0.3 is 30.4 Å². The van der Waals surface area contributed by atoms with Gasteiger partial charge in [0.1, 0.15) is 5.75 Å². The molecule has 4 rings (SSSR count). The normalized spacial score (nSPS) is 30.0. The monoisotopic (exact) mass is 407 g/mol. The average molecular weight is 407 g/mol. The van der Waals surface area contributed by atoms with Gasteiger partial charge in [-0.05, 0) is 68.5 Å². The third kappa shape index (κ3) is 3.97. The van der Waals surface area contributed by atoms with Gasteiger partial charge in [-0.25, -0.2) is 9.59 Å². The van der Waals surface area contributed by atoms with Gasteiger partial charge in [-0.2, -0.15) is 0 Å². The molecule has 5 atom stereocenters. The Morgan fingerprint density at radius 2 is 1.76 bits per heavy atom. The number of phenols is 1.